The first-order valence-corrected chi connectivity index (χ1v) is 10.2. The van der Waals surface area contributed by atoms with Crippen LogP contribution < -0.4 is 5.32 Å². The van der Waals surface area contributed by atoms with Crippen molar-refractivity contribution >= 4 is 23.8 Å². The predicted molar refractivity (Wildman–Crippen MR) is 96.7 cm³/mol. The Morgan fingerprint density at radius 1 is 1.24 bits per heavy atom. The number of benzene rings is 1. The summed E-state index contributed by atoms with van der Waals surface area (Å²) < 4.78 is 4.99. The minimum atomic E-state index is -0.348. The number of piperidine rings is 1. The van der Waals surface area contributed by atoms with E-state index in [1.54, 1.807) is 11.8 Å². The number of likely N-dealkylation sites (tertiary alicyclic amines) is 1. The van der Waals surface area contributed by atoms with Crippen molar-refractivity contribution in [2.24, 2.45) is 5.92 Å². The lowest BCUT2D eigenvalue weighted by atomic mass is 9.68. The zero-order valence-electron chi connectivity index (χ0n) is 14.5. The Morgan fingerprint density at radius 3 is 2.48 bits per heavy atom. The van der Waals surface area contributed by atoms with Crippen molar-refractivity contribution in [2.45, 2.75) is 42.0 Å². The summed E-state index contributed by atoms with van der Waals surface area (Å²) in [5, 5.41) is 2.86. The molecule has 0 radical (unpaired) electrons. The predicted octanol–water partition coefficient (Wildman–Crippen LogP) is 3.00. The largest absolute Gasteiger partial charge is 0.447 e. The molecule has 2 heterocycles. The van der Waals surface area contributed by atoms with Gasteiger partial charge < -0.3 is 15.0 Å². The van der Waals surface area contributed by atoms with Crippen LogP contribution in [0.4, 0.5) is 4.79 Å². The van der Waals surface area contributed by atoms with E-state index in [-0.39, 0.29) is 23.5 Å². The maximum absolute atomic E-state index is 12.7. The zero-order valence-corrected chi connectivity index (χ0v) is 15.3. The molecule has 1 saturated carbocycles. The highest BCUT2D eigenvalue weighted by atomic mass is 32.2. The third kappa shape index (κ3) is 3.24. The van der Waals surface area contributed by atoms with Crippen molar-refractivity contribution in [2.75, 3.05) is 26.0 Å². The topological polar surface area (TPSA) is 58.6 Å². The molecule has 0 bridgehead atoms. The first-order valence-electron chi connectivity index (χ1n) is 8.96. The fourth-order valence-corrected chi connectivity index (χ4v) is 4.75. The second kappa shape index (κ2) is 6.56. The van der Waals surface area contributed by atoms with Gasteiger partial charge in [0.05, 0.1) is 5.54 Å². The van der Waals surface area contributed by atoms with Crippen molar-refractivity contribution in [1.82, 2.24) is 10.2 Å². The van der Waals surface area contributed by atoms with Gasteiger partial charge in [0.15, 0.2) is 0 Å². The van der Waals surface area contributed by atoms with Crippen molar-refractivity contribution in [1.29, 1.82) is 0 Å². The zero-order chi connectivity index (χ0) is 17.4. The van der Waals surface area contributed by atoms with Gasteiger partial charge in [-0.05, 0) is 55.6 Å². The molecule has 2 amide bonds. The molecule has 5 nitrogen and oxygen atoms in total. The third-order valence-corrected chi connectivity index (χ3v) is 6.61. The first-order chi connectivity index (χ1) is 12.1. The lowest BCUT2D eigenvalue weighted by Crippen LogP contribution is -2.58. The Kier molecular flexibility index (Phi) is 4.40. The van der Waals surface area contributed by atoms with Crippen LogP contribution in [0, 0.1) is 5.92 Å². The van der Waals surface area contributed by atoms with E-state index >= 15 is 0 Å². The van der Waals surface area contributed by atoms with Crippen molar-refractivity contribution in [3.05, 3.63) is 29.8 Å². The molecule has 3 aliphatic rings. The molecule has 0 atom stereocenters. The van der Waals surface area contributed by atoms with Crippen molar-refractivity contribution in [3.8, 4) is 0 Å². The quantitative estimate of drug-likeness (QED) is 0.842. The summed E-state index contributed by atoms with van der Waals surface area (Å²) >= 11 is 1.76. The molecule has 0 aromatic heterocycles. The molecule has 1 aliphatic carbocycles. The van der Waals surface area contributed by atoms with E-state index in [0.717, 1.165) is 25.9 Å². The Morgan fingerprint density at radius 2 is 1.92 bits per heavy atom. The van der Waals surface area contributed by atoms with E-state index in [9.17, 15) is 9.59 Å². The highest BCUT2D eigenvalue weighted by molar-refractivity contribution is 7.98. The Bertz CT molecular complexity index is 662. The molecule has 2 saturated heterocycles. The van der Waals surface area contributed by atoms with Crippen LogP contribution in [0.15, 0.2) is 29.2 Å². The molecule has 1 spiro atoms. The van der Waals surface area contributed by atoms with E-state index in [1.165, 1.54) is 10.5 Å². The van der Waals surface area contributed by atoms with Crippen LogP contribution in [-0.4, -0.2) is 48.4 Å². The molecule has 3 fully saturated rings. The molecular weight excluding hydrogens is 336 g/mol. The lowest BCUT2D eigenvalue weighted by molar-refractivity contribution is -0.142. The molecule has 0 unspecified atom stereocenters. The van der Waals surface area contributed by atoms with Crippen LogP contribution in [0.3, 0.4) is 0 Å². The van der Waals surface area contributed by atoms with E-state index in [4.69, 9.17) is 4.74 Å². The smallest absolute Gasteiger partial charge is 0.407 e. The molecule has 1 aromatic rings. The fourth-order valence-electron chi connectivity index (χ4n) is 4.34. The number of hydrogen-bond acceptors (Lipinski definition) is 4. The lowest BCUT2D eigenvalue weighted by Gasteiger charge is -2.45. The van der Waals surface area contributed by atoms with Gasteiger partial charge in [0.25, 0.3) is 0 Å². The van der Waals surface area contributed by atoms with Gasteiger partial charge in [-0.1, -0.05) is 12.1 Å². The number of nitrogens with zero attached hydrogens (tertiary/aromatic N) is 1. The van der Waals surface area contributed by atoms with Gasteiger partial charge >= 0.3 is 6.09 Å². The maximum Gasteiger partial charge on any atom is 0.407 e. The SMILES string of the molecule is CSc1ccc(C2CCN(C(=O)C3CC4(COC(=O)N4)C3)CC2)cc1. The normalized spacial score (nSPS) is 29.2. The van der Waals surface area contributed by atoms with Gasteiger partial charge in [0.1, 0.15) is 6.61 Å². The van der Waals surface area contributed by atoms with Crippen LogP contribution in [0.1, 0.15) is 37.2 Å². The molecule has 1 N–H and O–H groups in total. The summed E-state index contributed by atoms with van der Waals surface area (Å²) in [6, 6.07) is 8.82. The molecule has 2 aliphatic heterocycles. The number of alkyl carbamates (subject to hydrolysis) is 1. The average molecular weight is 360 g/mol. The van der Waals surface area contributed by atoms with Crippen molar-refractivity contribution < 1.29 is 14.3 Å². The molecule has 6 heteroatoms. The van der Waals surface area contributed by atoms with Gasteiger partial charge in [-0.25, -0.2) is 4.79 Å². The number of carbonyl (C=O) groups is 2. The number of carbonyl (C=O) groups excluding carboxylic acids is 2. The van der Waals surface area contributed by atoms with Crippen LogP contribution in [0.25, 0.3) is 0 Å². The van der Waals surface area contributed by atoms with Gasteiger partial charge in [-0.3, -0.25) is 4.79 Å². The van der Waals surface area contributed by atoms with Crippen LogP contribution in [0.5, 0.6) is 0 Å². The van der Waals surface area contributed by atoms with Gasteiger partial charge in [-0.2, -0.15) is 0 Å². The van der Waals surface area contributed by atoms with E-state index in [0.29, 0.717) is 25.4 Å². The number of hydrogen-bond donors (Lipinski definition) is 1. The maximum atomic E-state index is 12.7. The Labute approximate surface area is 152 Å². The van der Waals surface area contributed by atoms with Crippen LogP contribution in [-0.2, 0) is 9.53 Å². The Balaban J connectivity index is 1.28. The first kappa shape index (κ1) is 16.8. The monoisotopic (exact) mass is 360 g/mol. The average Bonchev–Trinajstić information content (AvgIpc) is 3.02. The van der Waals surface area contributed by atoms with Gasteiger partial charge in [0, 0.05) is 23.9 Å². The molecule has 134 valence electrons. The van der Waals surface area contributed by atoms with E-state index in [2.05, 4.69) is 35.8 Å². The minimum Gasteiger partial charge on any atom is -0.447 e. The standard InChI is InChI=1S/C19H24N2O3S/c1-25-16-4-2-13(3-5-16)14-6-8-21(9-7-14)17(22)15-10-19(11-15)12-24-18(23)20-19/h2-5,14-15H,6-12H2,1H3,(H,20,23). The molecule has 25 heavy (non-hydrogen) atoms. The number of cyclic esters (lactones) is 1. The number of amides is 2. The third-order valence-electron chi connectivity index (χ3n) is 5.86. The van der Waals surface area contributed by atoms with E-state index in [1.807, 2.05) is 4.90 Å². The van der Waals surface area contributed by atoms with Crippen LogP contribution in [0.2, 0.25) is 0 Å². The molecule has 4 rings (SSSR count). The summed E-state index contributed by atoms with van der Waals surface area (Å²) in [5.41, 5.74) is 1.12. The number of thioether (sulfide) groups is 1. The summed E-state index contributed by atoms with van der Waals surface area (Å²) in [5.74, 6) is 0.845. The highest BCUT2D eigenvalue weighted by Crippen LogP contribution is 2.42. The van der Waals surface area contributed by atoms with Gasteiger partial charge in [0.2, 0.25) is 5.91 Å². The summed E-state index contributed by atoms with van der Waals surface area (Å²) in [7, 11) is 0. The second-order valence-electron chi connectivity index (χ2n) is 7.46. The molecular formula is C19H24N2O3S. The number of ether oxygens (including phenoxy) is 1. The second-order valence-corrected chi connectivity index (χ2v) is 8.34. The number of nitrogens with one attached hydrogen (secondary N) is 1. The van der Waals surface area contributed by atoms with Gasteiger partial charge in [-0.15, -0.1) is 11.8 Å². The Hall–Kier alpha value is -1.69. The summed E-state index contributed by atoms with van der Waals surface area (Å²) in [6.07, 6.45) is 5.23. The summed E-state index contributed by atoms with van der Waals surface area (Å²) in [6.45, 7) is 2.07. The minimum absolute atomic E-state index is 0.0411. The highest BCUT2D eigenvalue weighted by Gasteiger charge is 2.53. The van der Waals surface area contributed by atoms with Crippen LogP contribution >= 0.6 is 11.8 Å². The van der Waals surface area contributed by atoms with Crippen molar-refractivity contribution in [3.63, 3.8) is 0 Å². The summed E-state index contributed by atoms with van der Waals surface area (Å²) in [4.78, 5) is 27.2. The number of rotatable bonds is 3. The fraction of sp³-hybridized carbons (Fsp3) is 0.579. The molecule has 1 aromatic carbocycles. The van der Waals surface area contributed by atoms with E-state index < -0.39 is 0 Å².